The Bertz CT molecular complexity index is 610. The van der Waals surface area contributed by atoms with Crippen molar-refractivity contribution in [2.24, 2.45) is 0 Å². The molecule has 0 fully saturated rings. The molecule has 1 aliphatic carbocycles. The van der Waals surface area contributed by atoms with Gasteiger partial charge in [-0.3, -0.25) is 0 Å². The Kier molecular flexibility index (Phi) is 4.12. The van der Waals surface area contributed by atoms with Gasteiger partial charge in [-0.25, -0.2) is 0 Å². The van der Waals surface area contributed by atoms with Crippen LogP contribution >= 0.6 is 0 Å². The Morgan fingerprint density at radius 2 is 1.33 bits per heavy atom. The van der Waals surface area contributed by atoms with E-state index in [9.17, 15) is 5.11 Å². The van der Waals surface area contributed by atoms with E-state index in [0.717, 1.165) is 17.5 Å². The van der Waals surface area contributed by atoms with Gasteiger partial charge in [-0.05, 0) is 59.4 Å². The fraction of sp³-hybridized carbons (Fsp3) is 0.400. The van der Waals surface area contributed by atoms with Crippen molar-refractivity contribution in [3.63, 3.8) is 0 Å². The number of aliphatic hydroxyl groups excluding tert-OH is 1. The zero-order valence-electron chi connectivity index (χ0n) is 13.0. The molecule has 1 atom stereocenters. The van der Waals surface area contributed by atoms with Gasteiger partial charge in [0.05, 0.1) is 0 Å². The monoisotopic (exact) mass is 280 g/mol. The fourth-order valence-corrected chi connectivity index (χ4v) is 3.18. The number of fused-ring (bicyclic) bond motifs is 1. The highest BCUT2D eigenvalue weighted by Crippen LogP contribution is 2.28. The lowest BCUT2D eigenvalue weighted by atomic mass is 9.88. The lowest BCUT2D eigenvalue weighted by Crippen LogP contribution is -2.06. The molecule has 0 spiro atoms. The van der Waals surface area contributed by atoms with Crippen LogP contribution in [-0.4, -0.2) is 5.11 Å². The van der Waals surface area contributed by atoms with E-state index in [1.807, 2.05) is 0 Å². The molecule has 21 heavy (non-hydrogen) atoms. The first kappa shape index (κ1) is 14.3. The van der Waals surface area contributed by atoms with Gasteiger partial charge >= 0.3 is 0 Å². The molecule has 0 saturated heterocycles. The van der Waals surface area contributed by atoms with E-state index in [1.165, 1.54) is 36.0 Å². The van der Waals surface area contributed by atoms with Gasteiger partial charge in [-0.1, -0.05) is 56.3 Å². The summed E-state index contributed by atoms with van der Waals surface area (Å²) >= 11 is 0. The lowest BCUT2D eigenvalue weighted by Gasteiger charge is -2.19. The second-order valence-corrected chi connectivity index (χ2v) is 6.46. The maximum Gasteiger partial charge on any atom is 0.104 e. The summed E-state index contributed by atoms with van der Waals surface area (Å²) in [6.07, 6.45) is 4.40. The second kappa shape index (κ2) is 6.03. The minimum absolute atomic E-state index is 0.515. The van der Waals surface area contributed by atoms with Crippen molar-refractivity contribution < 1.29 is 5.11 Å². The molecule has 0 saturated carbocycles. The molecule has 1 nitrogen and oxygen atoms in total. The molecule has 0 aromatic heterocycles. The fourth-order valence-electron chi connectivity index (χ4n) is 3.18. The van der Waals surface area contributed by atoms with Crippen molar-refractivity contribution in [3.05, 3.63) is 70.3 Å². The van der Waals surface area contributed by atoms with Crippen LogP contribution in [-0.2, 0) is 12.8 Å². The number of aryl methyl sites for hydroxylation is 2. The molecule has 2 aromatic rings. The largest absolute Gasteiger partial charge is 0.384 e. The van der Waals surface area contributed by atoms with Crippen LogP contribution in [0, 0.1) is 0 Å². The van der Waals surface area contributed by atoms with Crippen LogP contribution in [0.5, 0.6) is 0 Å². The zero-order valence-corrected chi connectivity index (χ0v) is 13.0. The van der Waals surface area contributed by atoms with E-state index in [2.05, 4.69) is 56.3 Å². The van der Waals surface area contributed by atoms with Crippen molar-refractivity contribution in [2.45, 2.75) is 51.6 Å². The number of hydrogen-bond donors (Lipinski definition) is 1. The third-order valence-corrected chi connectivity index (χ3v) is 4.61. The van der Waals surface area contributed by atoms with Crippen molar-refractivity contribution in [3.8, 4) is 0 Å². The van der Waals surface area contributed by atoms with Crippen LogP contribution in [0.25, 0.3) is 0 Å². The molecule has 0 radical (unpaired) electrons. The number of benzene rings is 2. The van der Waals surface area contributed by atoms with Crippen molar-refractivity contribution in [2.75, 3.05) is 0 Å². The average molecular weight is 280 g/mol. The Morgan fingerprint density at radius 1 is 0.762 bits per heavy atom. The number of hydrogen-bond acceptors (Lipinski definition) is 1. The highest BCUT2D eigenvalue weighted by Gasteiger charge is 2.15. The van der Waals surface area contributed by atoms with E-state index in [0.29, 0.717) is 5.92 Å². The Hall–Kier alpha value is -1.60. The second-order valence-electron chi connectivity index (χ2n) is 6.46. The minimum atomic E-state index is -0.515. The molecule has 0 amide bonds. The topological polar surface area (TPSA) is 20.2 Å². The number of aliphatic hydroxyl groups is 1. The molecule has 110 valence electrons. The SMILES string of the molecule is CC(C)c1ccc(C(O)c2ccc3c(c2)CCCC3)cc1. The maximum atomic E-state index is 10.6. The highest BCUT2D eigenvalue weighted by atomic mass is 16.3. The molecule has 1 aliphatic rings. The van der Waals surface area contributed by atoms with E-state index in [4.69, 9.17) is 0 Å². The Labute approximate surface area is 127 Å². The smallest absolute Gasteiger partial charge is 0.104 e. The Balaban J connectivity index is 1.85. The van der Waals surface area contributed by atoms with Gasteiger partial charge in [0.1, 0.15) is 6.10 Å². The van der Waals surface area contributed by atoms with E-state index in [-0.39, 0.29) is 0 Å². The standard InChI is InChI=1S/C20H24O/c1-14(2)15-7-10-17(11-8-15)20(21)19-12-9-16-5-3-4-6-18(16)13-19/h7-14,20-21H,3-6H2,1-2H3. The van der Waals surface area contributed by atoms with Crippen molar-refractivity contribution >= 4 is 0 Å². The third-order valence-electron chi connectivity index (χ3n) is 4.61. The van der Waals surface area contributed by atoms with E-state index >= 15 is 0 Å². The molecule has 1 unspecified atom stereocenters. The van der Waals surface area contributed by atoms with E-state index < -0.39 is 6.10 Å². The summed E-state index contributed by atoms with van der Waals surface area (Å²) in [5.74, 6) is 0.528. The molecule has 1 heteroatoms. The predicted octanol–water partition coefficient (Wildman–Crippen LogP) is 4.77. The van der Waals surface area contributed by atoms with Crippen molar-refractivity contribution in [1.82, 2.24) is 0 Å². The van der Waals surface area contributed by atoms with Crippen LogP contribution in [0.2, 0.25) is 0 Å². The summed E-state index contributed by atoms with van der Waals surface area (Å²) < 4.78 is 0. The summed E-state index contributed by atoms with van der Waals surface area (Å²) in [6.45, 7) is 4.38. The maximum absolute atomic E-state index is 10.6. The summed E-state index contributed by atoms with van der Waals surface area (Å²) in [7, 11) is 0. The highest BCUT2D eigenvalue weighted by molar-refractivity contribution is 5.39. The predicted molar refractivity (Wildman–Crippen MR) is 87.7 cm³/mol. The van der Waals surface area contributed by atoms with Gasteiger partial charge < -0.3 is 5.11 Å². The van der Waals surface area contributed by atoms with Gasteiger partial charge in [0.15, 0.2) is 0 Å². The summed E-state index contributed by atoms with van der Waals surface area (Å²) in [6, 6.07) is 14.9. The van der Waals surface area contributed by atoms with Crippen molar-refractivity contribution in [1.29, 1.82) is 0 Å². The third kappa shape index (κ3) is 3.03. The normalized spacial score (nSPS) is 15.8. The lowest BCUT2D eigenvalue weighted by molar-refractivity contribution is 0.220. The first-order chi connectivity index (χ1) is 10.1. The van der Waals surface area contributed by atoms with Crippen LogP contribution in [0.15, 0.2) is 42.5 Å². The number of rotatable bonds is 3. The van der Waals surface area contributed by atoms with Gasteiger partial charge in [-0.15, -0.1) is 0 Å². The molecular formula is C20H24O. The van der Waals surface area contributed by atoms with Gasteiger partial charge in [0, 0.05) is 0 Å². The molecular weight excluding hydrogens is 256 g/mol. The van der Waals surface area contributed by atoms with Crippen LogP contribution in [0.3, 0.4) is 0 Å². The summed E-state index contributed by atoms with van der Waals surface area (Å²) in [5.41, 5.74) is 6.21. The molecule has 3 rings (SSSR count). The van der Waals surface area contributed by atoms with E-state index in [1.54, 1.807) is 0 Å². The van der Waals surface area contributed by atoms with Gasteiger partial charge in [0.2, 0.25) is 0 Å². The molecule has 1 N–H and O–H groups in total. The quantitative estimate of drug-likeness (QED) is 0.858. The molecule has 0 heterocycles. The first-order valence-corrected chi connectivity index (χ1v) is 8.05. The van der Waals surface area contributed by atoms with Crippen LogP contribution < -0.4 is 0 Å². The van der Waals surface area contributed by atoms with Crippen LogP contribution in [0.4, 0.5) is 0 Å². The first-order valence-electron chi connectivity index (χ1n) is 8.05. The van der Waals surface area contributed by atoms with Crippen LogP contribution in [0.1, 0.15) is 66.5 Å². The zero-order chi connectivity index (χ0) is 14.8. The average Bonchev–Trinajstić information content (AvgIpc) is 2.54. The van der Waals surface area contributed by atoms with Gasteiger partial charge in [0.25, 0.3) is 0 Å². The molecule has 0 aliphatic heterocycles. The molecule has 2 aromatic carbocycles. The molecule has 0 bridgehead atoms. The summed E-state index contributed by atoms with van der Waals surface area (Å²) in [5, 5.41) is 10.6. The Morgan fingerprint density at radius 3 is 2.00 bits per heavy atom. The van der Waals surface area contributed by atoms with Gasteiger partial charge in [-0.2, -0.15) is 0 Å². The summed E-state index contributed by atoms with van der Waals surface area (Å²) in [4.78, 5) is 0. The minimum Gasteiger partial charge on any atom is -0.384 e.